The van der Waals surface area contributed by atoms with Crippen LogP contribution in [0.15, 0.2) is 0 Å². The average molecular weight is 375 g/mol. The van der Waals surface area contributed by atoms with Gasteiger partial charge in [0.15, 0.2) is 0 Å². The molecular weight excluding hydrogens is 336 g/mol. The van der Waals surface area contributed by atoms with Crippen molar-refractivity contribution in [3.8, 4) is 0 Å². The van der Waals surface area contributed by atoms with Crippen LogP contribution in [-0.2, 0) is 9.59 Å². The molecule has 4 rings (SSSR count). The fraction of sp³-hybridized carbons (Fsp3) is 0.913. The normalized spacial score (nSPS) is 46.7. The molecule has 152 valence electrons. The van der Waals surface area contributed by atoms with Gasteiger partial charge in [0, 0.05) is 23.9 Å². The number of piperidine rings is 1. The highest BCUT2D eigenvalue weighted by Crippen LogP contribution is 2.64. The van der Waals surface area contributed by atoms with Gasteiger partial charge in [0.25, 0.3) is 0 Å². The summed E-state index contributed by atoms with van der Waals surface area (Å²) >= 11 is 0. The maximum absolute atomic E-state index is 13.1. The van der Waals surface area contributed by atoms with Gasteiger partial charge in [-0.05, 0) is 94.3 Å². The maximum Gasteiger partial charge on any atom is 0.224 e. The molecule has 4 heteroatoms. The van der Waals surface area contributed by atoms with Crippen LogP contribution in [0.5, 0.6) is 0 Å². The van der Waals surface area contributed by atoms with Crippen molar-refractivity contribution in [2.24, 2.45) is 34.5 Å². The van der Waals surface area contributed by atoms with Gasteiger partial charge < -0.3 is 10.6 Å². The van der Waals surface area contributed by atoms with Crippen molar-refractivity contribution in [1.82, 2.24) is 10.6 Å². The van der Waals surface area contributed by atoms with E-state index in [0.29, 0.717) is 24.3 Å². The molecule has 2 N–H and O–H groups in total. The number of nitrogens with one attached hydrogen (secondary N) is 2. The van der Waals surface area contributed by atoms with E-state index in [0.717, 1.165) is 31.6 Å². The van der Waals surface area contributed by atoms with E-state index in [9.17, 15) is 9.59 Å². The summed E-state index contributed by atoms with van der Waals surface area (Å²) in [5, 5.41) is 6.58. The number of hydrogen-bond donors (Lipinski definition) is 2. The molecule has 3 saturated carbocycles. The Morgan fingerprint density at radius 3 is 2.56 bits per heavy atom. The Hall–Kier alpha value is -1.06. The van der Waals surface area contributed by atoms with Gasteiger partial charge in [-0.1, -0.05) is 13.8 Å². The molecule has 0 spiro atoms. The first kappa shape index (κ1) is 19.3. The zero-order chi connectivity index (χ0) is 19.6. The lowest BCUT2D eigenvalue weighted by Gasteiger charge is -2.59. The van der Waals surface area contributed by atoms with Crippen LogP contribution in [0, 0.1) is 34.5 Å². The van der Waals surface area contributed by atoms with Crippen LogP contribution >= 0.6 is 0 Å². The number of hydrogen-bond acceptors (Lipinski definition) is 2. The molecule has 3 aliphatic carbocycles. The number of amides is 2. The minimum atomic E-state index is -0.168. The van der Waals surface area contributed by atoms with Gasteiger partial charge >= 0.3 is 0 Å². The van der Waals surface area contributed by atoms with Crippen LogP contribution in [-0.4, -0.2) is 23.4 Å². The number of rotatable bonds is 1. The highest BCUT2D eigenvalue weighted by Gasteiger charge is 2.60. The maximum atomic E-state index is 13.1. The molecule has 2 amide bonds. The Kier molecular flexibility index (Phi) is 4.44. The van der Waals surface area contributed by atoms with Gasteiger partial charge in [-0.3, -0.25) is 9.59 Å². The Morgan fingerprint density at radius 2 is 1.85 bits per heavy atom. The van der Waals surface area contributed by atoms with E-state index in [4.69, 9.17) is 0 Å². The van der Waals surface area contributed by atoms with Crippen LogP contribution < -0.4 is 10.6 Å². The minimum Gasteiger partial charge on any atom is -0.353 e. The fourth-order valence-corrected chi connectivity index (χ4v) is 7.37. The van der Waals surface area contributed by atoms with Crippen LogP contribution in [0.1, 0.15) is 86.0 Å². The third kappa shape index (κ3) is 3.11. The lowest BCUT2D eigenvalue weighted by Crippen LogP contribution is -2.61. The molecule has 4 aliphatic rings. The first-order valence-electron chi connectivity index (χ1n) is 11.1. The molecule has 1 saturated heterocycles. The van der Waals surface area contributed by atoms with E-state index >= 15 is 0 Å². The first-order chi connectivity index (χ1) is 12.5. The first-order valence-corrected chi connectivity index (χ1v) is 11.1. The molecule has 0 aromatic carbocycles. The second-order valence-electron chi connectivity index (χ2n) is 11.6. The van der Waals surface area contributed by atoms with Gasteiger partial charge in [-0.15, -0.1) is 0 Å². The topological polar surface area (TPSA) is 58.2 Å². The van der Waals surface area contributed by atoms with E-state index in [-0.39, 0.29) is 34.1 Å². The summed E-state index contributed by atoms with van der Waals surface area (Å²) in [5.41, 5.74) is 0.152. The van der Waals surface area contributed by atoms with Crippen LogP contribution in [0.3, 0.4) is 0 Å². The summed E-state index contributed by atoms with van der Waals surface area (Å²) < 4.78 is 0. The van der Waals surface area contributed by atoms with Crippen molar-refractivity contribution in [2.75, 3.05) is 0 Å². The molecule has 4 fully saturated rings. The molecule has 7 atom stereocenters. The fourth-order valence-electron chi connectivity index (χ4n) is 7.37. The summed E-state index contributed by atoms with van der Waals surface area (Å²) in [4.78, 5) is 25.1. The van der Waals surface area contributed by atoms with Crippen molar-refractivity contribution in [1.29, 1.82) is 0 Å². The van der Waals surface area contributed by atoms with Gasteiger partial charge in [-0.25, -0.2) is 0 Å². The summed E-state index contributed by atoms with van der Waals surface area (Å²) in [6.45, 7) is 11.1. The average Bonchev–Trinajstić information content (AvgIpc) is 2.89. The van der Waals surface area contributed by atoms with E-state index in [1.54, 1.807) is 0 Å². The number of fused-ring (bicyclic) bond motifs is 4. The summed E-state index contributed by atoms with van der Waals surface area (Å²) in [5.74, 6) is 2.75. The molecule has 27 heavy (non-hydrogen) atoms. The highest BCUT2D eigenvalue weighted by atomic mass is 16.2. The Bertz CT molecular complexity index is 639. The quantitative estimate of drug-likeness (QED) is 0.728. The second-order valence-corrected chi connectivity index (χ2v) is 11.6. The van der Waals surface area contributed by atoms with Crippen LogP contribution in [0.25, 0.3) is 0 Å². The van der Waals surface area contributed by atoms with Gasteiger partial charge in [-0.2, -0.15) is 0 Å². The zero-order valence-electron chi connectivity index (χ0n) is 17.9. The third-order valence-electron chi connectivity index (χ3n) is 8.86. The molecule has 1 aliphatic heterocycles. The van der Waals surface area contributed by atoms with E-state index < -0.39 is 0 Å². The van der Waals surface area contributed by atoms with Gasteiger partial charge in [0.2, 0.25) is 11.8 Å². The molecule has 0 aromatic heterocycles. The third-order valence-corrected chi connectivity index (χ3v) is 8.86. The zero-order valence-corrected chi connectivity index (χ0v) is 17.9. The minimum absolute atomic E-state index is 0.114. The van der Waals surface area contributed by atoms with Crippen molar-refractivity contribution >= 4 is 11.8 Å². The molecule has 0 unspecified atom stereocenters. The molecule has 1 heterocycles. The molecular formula is C23H38N2O2. The van der Waals surface area contributed by atoms with Crippen molar-refractivity contribution in [3.05, 3.63) is 0 Å². The molecule has 0 aromatic rings. The standard InChI is InChI=1S/C23H38N2O2/c1-21(2,3)25-20(27)16-8-7-15-12-14-6-9-18-22(4,11-10-19(26)24-18)17(14)13-23(15,16)5/h14-18H,6-13H2,1-5H3,(H,24,26)(H,25,27)/t14-,15+,16+,17-,18-,22+,23+/m0/s1. The monoisotopic (exact) mass is 374 g/mol. The number of carbonyl (C=O) groups is 2. The van der Waals surface area contributed by atoms with Crippen LogP contribution in [0.2, 0.25) is 0 Å². The molecule has 0 radical (unpaired) electrons. The summed E-state index contributed by atoms with van der Waals surface area (Å²) in [6, 6.07) is 0.336. The lowest BCUT2D eigenvalue weighted by molar-refractivity contribution is -0.140. The smallest absolute Gasteiger partial charge is 0.224 e. The van der Waals surface area contributed by atoms with Gasteiger partial charge in [0.05, 0.1) is 0 Å². The number of carbonyl (C=O) groups excluding carboxylic acids is 2. The summed E-state index contributed by atoms with van der Waals surface area (Å²) in [7, 11) is 0. The van der Waals surface area contributed by atoms with Gasteiger partial charge in [0.1, 0.15) is 0 Å². The second kappa shape index (κ2) is 6.22. The summed E-state index contributed by atoms with van der Waals surface area (Å²) in [6.07, 6.45) is 8.77. The lowest BCUT2D eigenvalue weighted by atomic mass is 9.47. The van der Waals surface area contributed by atoms with E-state index in [2.05, 4.69) is 45.3 Å². The Labute approximate surface area is 164 Å². The van der Waals surface area contributed by atoms with Crippen LogP contribution in [0.4, 0.5) is 0 Å². The van der Waals surface area contributed by atoms with Crippen molar-refractivity contribution in [2.45, 2.75) is 97.6 Å². The Morgan fingerprint density at radius 1 is 1.11 bits per heavy atom. The largest absolute Gasteiger partial charge is 0.353 e. The van der Waals surface area contributed by atoms with E-state index in [1.807, 2.05) is 0 Å². The Balaban J connectivity index is 1.59. The van der Waals surface area contributed by atoms with Crippen molar-refractivity contribution in [3.63, 3.8) is 0 Å². The predicted molar refractivity (Wildman–Crippen MR) is 107 cm³/mol. The SMILES string of the molecule is CC(C)(C)NC(=O)[C@H]1CC[C@@H]2C[C@@H]3CC[C@@H]4NC(=O)CC[C@]4(C)[C@H]3C[C@]21C. The van der Waals surface area contributed by atoms with Crippen molar-refractivity contribution < 1.29 is 9.59 Å². The predicted octanol–water partition coefficient (Wildman–Crippen LogP) is 4.04. The molecule has 0 bridgehead atoms. The van der Waals surface area contributed by atoms with E-state index in [1.165, 1.54) is 19.3 Å². The highest BCUT2D eigenvalue weighted by molar-refractivity contribution is 5.80. The molecule has 4 nitrogen and oxygen atoms in total.